The van der Waals surface area contributed by atoms with Crippen LogP contribution in [0.2, 0.25) is 0 Å². The predicted molar refractivity (Wildman–Crippen MR) is 109 cm³/mol. The fourth-order valence-electron chi connectivity index (χ4n) is 3.13. The van der Waals surface area contributed by atoms with Gasteiger partial charge >= 0.3 is 6.18 Å². The van der Waals surface area contributed by atoms with Crippen molar-refractivity contribution in [1.82, 2.24) is 4.57 Å². The standard InChI is InChI=1S/C22H31F3N2O/c1-6-17(14-21(4,5)7-2)26-19(22(23,24)25)12-15(3)16-10-11-27(18-8-9-18)20(28)13-16/h10-13,17-18H,6-9,14H2,1-5H3/b15-12+,26-19?. The molecule has 1 aliphatic carbocycles. The molecule has 6 heteroatoms. The van der Waals surface area contributed by atoms with Crippen LogP contribution in [0.5, 0.6) is 0 Å². The van der Waals surface area contributed by atoms with Gasteiger partial charge in [0.1, 0.15) is 5.71 Å². The highest BCUT2D eigenvalue weighted by atomic mass is 19.4. The summed E-state index contributed by atoms with van der Waals surface area (Å²) in [6.07, 6.45) is 2.20. The summed E-state index contributed by atoms with van der Waals surface area (Å²) in [5, 5.41) is 0. The SMILES string of the molecule is CCC(CC(C)(C)CC)N=C(/C=C(\C)c1ccn(C2CC2)c(=O)c1)C(F)(F)F. The number of pyridine rings is 1. The van der Waals surface area contributed by atoms with E-state index in [0.717, 1.165) is 25.3 Å². The van der Waals surface area contributed by atoms with Crippen molar-refractivity contribution in [1.29, 1.82) is 0 Å². The van der Waals surface area contributed by atoms with Gasteiger partial charge in [0.15, 0.2) is 0 Å². The normalized spacial score (nSPS) is 17.7. The molecule has 0 saturated heterocycles. The van der Waals surface area contributed by atoms with Gasteiger partial charge in [-0.3, -0.25) is 9.79 Å². The van der Waals surface area contributed by atoms with Gasteiger partial charge in [-0.2, -0.15) is 13.2 Å². The summed E-state index contributed by atoms with van der Waals surface area (Å²) in [5.74, 6) is 0. The van der Waals surface area contributed by atoms with E-state index in [-0.39, 0.29) is 17.0 Å². The van der Waals surface area contributed by atoms with Crippen LogP contribution in [0.15, 0.2) is 34.2 Å². The van der Waals surface area contributed by atoms with Gasteiger partial charge in [-0.15, -0.1) is 0 Å². The zero-order chi connectivity index (χ0) is 21.1. The third kappa shape index (κ3) is 6.08. The minimum Gasteiger partial charge on any atom is -0.312 e. The number of hydrogen-bond donors (Lipinski definition) is 0. The molecule has 0 radical (unpaired) electrons. The van der Waals surface area contributed by atoms with E-state index in [4.69, 9.17) is 0 Å². The highest BCUT2D eigenvalue weighted by Gasteiger charge is 2.35. The molecule has 2 rings (SSSR count). The van der Waals surface area contributed by atoms with Gasteiger partial charge in [-0.25, -0.2) is 0 Å². The molecule has 1 aliphatic rings. The average molecular weight is 396 g/mol. The summed E-state index contributed by atoms with van der Waals surface area (Å²) >= 11 is 0. The van der Waals surface area contributed by atoms with E-state index in [0.29, 0.717) is 24.0 Å². The first kappa shape index (κ1) is 22.4. The van der Waals surface area contributed by atoms with Gasteiger partial charge < -0.3 is 4.57 Å². The zero-order valence-corrected chi connectivity index (χ0v) is 17.4. The van der Waals surface area contributed by atoms with Gasteiger partial charge in [-0.05, 0) is 61.3 Å². The van der Waals surface area contributed by atoms with Crippen LogP contribution < -0.4 is 5.56 Å². The van der Waals surface area contributed by atoms with Crippen molar-refractivity contribution >= 4 is 11.3 Å². The molecule has 0 aromatic carbocycles. The Morgan fingerprint density at radius 2 is 1.96 bits per heavy atom. The maximum absolute atomic E-state index is 13.6. The van der Waals surface area contributed by atoms with Crippen LogP contribution in [0, 0.1) is 5.41 Å². The monoisotopic (exact) mass is 396 g/mol. The minimum absolute atomic E-state index is 0.0625. The van der Waals surface area contributed by atoms with Crippen molar-refractivity contribution in [3.05, 3.63) is 40.3 Å². The summed E-state index contributed by atoms with van der Waals surface area (Å²) in [5.41, 5.74) is -0.224. The molecule has 1 unspecified atom stereocenters. The number of aromatic nitrogens is 1. The van der Waals surface area contributed by atoms with E-state index >= 15 is 0 Å². The minimum atomic E-state index is -4.53. The molecule has 1 heterocycles. The first-order chi connectivity index (χ1) is 13.0. The lowest BCUT2D eigenvalue weighted by Gasteiger charge is -2.26. The molecule has 3 nitrogen and oxygen atoms in total. The zero-order valence-electron chi connectivity index (χ0n) is 17.4. The van der Waals surface area contributed by atoms with E-state index in [2.05, 4.69) is 4.99 Å². The summed E-state index contributed by atoms with van der Waals surface area (Å²) < 4.78 is 42.5. The van der Waals surface area contributed by atoms with E-state index in [1.54, 1.807) is 23.8 Å². The van der Waals surface area contributed by atoms with Gasteiger partial charge in [0, 0.05) is 18.3 Å². The van der Waals surface area contributed by atoms with Crippen molar-refractivity contribution < 1.29 is 13.2 Å². The highest BCUT2D eigenvalue weighted by molar-refractivity contribution is 6.04. The molecule has 1 aromatic heterocycles. The Bertz CT molecular complexity index is 799. The van der Waals surface area contributed by atoms with E-state index < -0.39 is 17.9 Å². The molecule has 0 aliphatic heterocycles. The molecule has 0 N–H and O–H groups in total. The van der Waals surface area contributed by atoms with Crippen LogP contribution in [0.3, 0.4) is 0 Å². The first-order valence-electron chi connectivity index (χ1n) is 10.0. The molecule has 0 bridgehead atoms. The molecule has 28 heavy (non-hydrogen) atoms. The molecule has 1 aromatic rings. The Morgan fingerprint density at radius 3 is 2.43 bits per heavy atom. The molecule has 0 spiro atoms. The van der Waals surface area contributed by atoms with Crippen LogP contribution in [0.25, 0.3) is 5.57 Å². The average Bonchev–Trinajstić information content (AvgIpc) is 3.44. The van der Waals surface area contributed by atoms with Gasteiger partial charge in [-0.1, -0.05) is 34.1 Å². The Morgan fingerprint density at radius 1 is 1.32 bits per heavy atom. The van der Waals surface area contributed by atoms with E-state index in [9.17, 15) is 18.0 Å². The van der Waals surface area contributed by atoms with Crippen molar-refractivity contribution in [3.8, 4) is 0 Å². The number of aliphatic imine (C=N–C) groups is 1. The second kappa shape index (κ2) is 8.66. The number of allylic oxidation sites excluding steroid dienone is 2. The van der Waals surface area contributed by atoms with Crippen LogP contribution in [-0.2, 0) is 0 Å². The second-order valence-electron chi connectivity index (χ2n) is 8.52. The summed E-state index contributed by atoms with van der Waals surface area (Å²) in [4.78, 5) is 16.3. The predicted octanol–water partition coefficient (Wildman–Crippen LogP) is 6.19. The Balaban J connectivity index is 2.34. The molecule has 1 fully saturated rings. The first-order valence-corrected chi connectivity index (χ1v) is 10.0. The lowest BCUT2D eigenvalue weighted by molar-refractivity contribution is -0.0581. The molecule has 1 atom stereocenters. The number of halogens is 3. The van der Waals surface area contributed by atoms with E-state index in [1.807, 2.05) is 27.7 Å². The number of nitrogens with zero attached hydrogens (tertiary/aromatic N) is 2. The smallest absolute Gasteiger partial charge is 0.312 e. The Hall–Kier alpha value is -1.85. The lowest BCUT2D eigenvalue weighted by Crippen LogP contribution is -2.26. The van der Waals surface area contributed by atoms with Crippen LogP contribution in [0.4, 0.5) is 13.2 Å². The lowest BCUT2D eigenvalue weighted by atomic mass is 9.83. The third-order valence-electron chi connectivity index (χ3n) is 5.53. The number of alkyl halides is 3. The van der Waals surface area contributed by atoms with Gasteiger partial charge in [0.05, 0.1) is 6.04 Å². The molecular formula is C22H31F3N2O. The third-order valence-corrected chi connectivity index (χ3v) is 5.53. The summed E-state index contributed by atoms with van der Waals surface area (Å²) in [6, 6.07) is 2.97. The summed E-state index contributed by atoms with van der Waals surface area (Å²) in [6.45, 7) is 9.59. The van der Waals surface area contributed by atoms with Gasteiger partial charge in [0.2, 0.25) is 0 Å². The number of rotatable bonds is 8. The maximum Gasteiger partial charge on any atom is 0.432 e. The second-order valence-corrected chi connectivity index (χ2v) is 8.52. The van der Waals surface area contributed by atoms with Crippen molar-refractivity contribution in [2.45, 2.75) is 85.0 Å². The van der Waals surface area contributed by atoms with Crippen LogP contribution >= 0.6 is 0 Å². The molecule has 0 amide bonds. The molecule has 156 valence electrons. The maximum atomic E-state index is 13.6. The Kier molecular flexibility index (Phi) is 6.94. The topological polar surface area (TPSA) is 34.4 Å². The summed E-state index contributed by atoms with van der Waals surface area (Å²) in [7, 11) is 0. The number of hydrogen-bond acceptors (Lipinski definition) is 2. The van der Waals surface area contributed by atoms with Crippen molar-refractivity contribution in [2.75, 3.05) is 0 Å². The van der Waals surface area contributed by atoms with Crippen molar-refractivity contribution in [3.63, 3.8) is 0 Å². The van der Waals surface area contributed by atoms with Gasteiger partial charge in [0.25, 0.3) is 5.56 Å². The van der Waals surface area contributed by atoms with Crippen molar-refractivity contribution in [2.24, 2.45) is 10.4 Å². The molecule has 1 saturated carbocycles. The van der Waals surface area contributed by atoms with Crippen LogP contribution in [-0.4, -0.2) is 22.5 Å². The fourth-order valence-corrected chi connectivity index (χ4v) is 3.13. The quantitative estimate of drug-likeness (QED) is 0.482. The Labute approximate surface area is 165 Å². The van der Waals surface area contributed by atoms with Crippen LogP contribution in [0.1, 0.15) is 78.3 Å². The van der Waals surface area contributed by atoms with E-state index in [1.165, 1.54) is 6.07 Å². The highest BCUT2D eigenvalue weighted by Crippen LogP contribution is 2.33. The fraction of sp³-hybridized carbons (Fsp3) is 0.636. The molecular weight excluding hydrogens is 365 g/mol. The largest absolute Gasteiger partial charge is 0.432 e.